The maximum absolute atomic E-state index is 12.6. The van der Waals surface area contributed by atoms with Crippen LogP contribution >= 0.6 is 0 Å². The molecule has 4 heteroatoms. The van der Waals surface area contributed by atoms with Crippen molar-refractivity contribution in [3.63, 3.8) is 0 Å². The van der Waals surface area contributed by atoms with Gasteiger partial charge in [0.1, 0.15) is 5.76 Å². The molecule has 0 saturated heterocycles. The first-order chi connectivity index (χ1) is 13.4. The van der Waals surface area contributed by atoms with Gasteiger partial charge in [-0.05, 0) is 61.2 Å². The molecule has 0 radical (unpaired) electrons. The van der Waals surface area contributed by atoms with E-state index in [1.165, 1.54) is 5.57 Å². The first-order valence-electron chi connectivity index (χ1n) is 11.1. The molecular weight excluding hydrogens is 376 g/mol. The van der Waals surface area contributed by atoms with E-state index >= 15 is 0 Å². The molecule has 2 aliphatic rings. The zero-order valence-corrected chi connectivity index (χ0v) is 20.1. The van der Waals surface area contributed by atoms with Crippen LogP contribution in [0.15, 0.2) is 35.9 Å². The van der Waals surface area contributed by atoms with Gasteiger partial charge in [-0.15, -0.1) is 0 Å². The first-order valence-corrected chi connectivity index (χ1v) is 14.0. The molecule has 0 aliphatic heterocycles. The van der Waals surface area contributed by atoms with E-state index in [4.69, 9.17) is 4.43 Å². The number of allylic oxidation sites excluding steroid dienone is 1. The summed E-state index contributed by atoms with van der Waals surface area (Å²) in [6.07, 6.45) is 6.46. The summed E-state index contributed by atoms with van der Waals surface area (Å²) in [5, 5.41) is 10.5. The highest BCUT2D eigenvalue weighted by Gasteiger charge is 2.57. The number of aliphatic carboxylic acids is 1. The van der Waals surface area contributed by atoms with Crippen LogP contribution in [0.25, 0.3) is 5.76 Å². The maximum atomic E-state index is 12.6. The van der Waals surface area contributed by atoms with Crippen molar-refractivity contribution in [1.82, 2.24) is 0 Å². The topological polar surface area (TPSA) is 46.5 Å². The molecule has 3 nitrogen and oxygen atoms in total. The van der Waals surface area contributed by atoms with Gasteiger partial charge in [0.2, 0.25) is 0 Å². The van der Waals surface area contributed by atoms with E-state index in [2.05, 4.69) is 52.9 Å². The fourth-order valence-corrected chi connectivity index (χ4v) is 6.07. The third kappa shape index (κ3) is 3.93. The average molecular weight is 415 g/mol. The van der Waals surface area contributed by atoms with Crippen LogP contribution in [0.2, 0.25) is 18.1 Å². The minimum Gasteiger partial charge on any atom is -0.543 e. The lowest BCUT2D eigenvalue weighted by Crippen LogP contribution is -2.51. The SMILES string of the molecule is CC(C)(C)[Si](C)(C)O/C(=C1/CC[C@@]2(C)CCCC[C@]2(C(=O)O)C1)c1ccccc1. The van der Waals surface area contributed by atoms with Crippen LogP contribution in [0.5, 0.6) is 0 Å². The highest BCUT2D eigenvalue weighted by atomic mass is 28.4. The molecule has 2 aliphatic carbocycles. The first kappa shape index (κ1) is 22.1. The lowest BCUT2D eigenvalue weighted by atomic mass is 9.50. The van der Waals surface area contributed by atoms with Crippen molar-refractivity contribution < 1.29 is 14.3 Å². The normalized spacial score (nSPS) is 29.7. The summed E-state index contributed by atoms with van der Waals surface area (Å²) in [4.78, 5) is 12.6. The Morgan fingerprint density at radius 1 is 1.07 bits per heavy atom. The van der Waals surface area contributed by atoms with Gasteiger partial charge in [-0.2, -0.15) is 0 Å². The Kier molecular flexibility index (Phi) is 5.81. The molecule has 1 aromatic carbocycles. The summed E-state index contributed by atoms with van der Waals surface area (Å²) < 4.78 is 6.89. The summed E-state index contributed by atoms with van der Waals surface area (Å²) in [6.45, 7) is 13.5. The van der Waals surface area contributed by atoms with E-state index in [9.17, 15) is 9.90 Å². The molecule has 3 rings (SSSR count). The number of hydrogen-bond donors (Lipinski definition) is 1. The van der Waals surface area contributed by atoms with Crippen molar-refractivity contribution in [3.05, 3.63) is 41.5 Å². The summed E-state index contributed by atoms with van der Waals surface area (Å²) in [7, 11) is -2.05. The average Bonchev–Trinajstić information content (AvgIpc) is 2.65. The van der Waals surface area contributed by atoms with E-state index in [-0.39, 0.29) is 10.5 Å². The van der Waals surface area contributed by atoms with Gasteiger partial charge in [-0.1, -0.05) is 70.9 Å². The van der Waals surface area contributed by atoms with Gasteiger partial charge >= 0.3 is 5.97 Å². The van der Waals surface area contributed by atoms with Gasteiger partial charge in [0, 0.05) is 5.56 Å². The fourth-order valence-electron chi connectivity index (χ4n) is 5.00. The molecule has 0 aromatic heterocycles. The Morgan fingerprint density at radius 2 is 1.69 bits per heavy atom. The zero-order valence-electron chi connectivity index (χ0n) is 19.1. The largest absolute Gasteiger partial charge is 0.543 e. The molecule has 0 bridgehead atoms. The lowest BCUT2D eigenvalue weighted by Gasteiger charge is -2.53. The predicted octanol–water partition coefficient (Wildman–Crippen LogP) is 7.25. The lowest BCUT2D eigenvalue weighted by molar-refractivity contribution is -0.164. The van der Waals surface area contributed by atoms with Crippen LogP contribution in [0.4, 0.5) is 0 Å². The molecule has 0 heterocycles. The van der Waals surface area contributed by atoms with Crippen molar-refractivity contribution in [2.24, 2.45) is 10.8 Å². The molecule has 1 N–H and O–H groups in total. The van der Waals surface area contributed by atoms with Gasteiger partial charge in [0.25, 0.3) is 8.32 Å². The summed E-state index contributed by atoms with van der Waals surface area (Å²) >= 11 is 0. The van der Waals surface area contributed by atoms with E-state index in [0.29, 0.717) is 6.42 Å². The van der Waals surface area contributed by atoms with Gasteiger partial charge in [-0.3, -0.25) is 4.79 Å². The number of carboxylic acid groups (broad SMARTS) is 1. The molecule has 2 saturated carbocycles. The second-order valence-electron chi connectivity index (χ2n) is 11.0. The smallest absolute Gasteiger partial charge is 0.310 e. The highest BCUT2D eigenvalue weighted by Crippen LogP contribution is 2.61. The van der Waals surface area contributed by atoms with E-state index in [1.54, 1.807) is 0 Å². The standard InChI is InChI=1S/C25H38O3Si/c1-23(2,3)29(5,6)28-21(19-12-8-7-9-13-19)20-14-17-24(4)15-10-11-16-25(24,18-20)22(26)27/h7-9,12-13H,10-11,14-18H2,1-6H3,(H,26,27)/b21-20-/t24-,25-/m1/s1. The molecule has 0 spiro atoms. The van der Waals surface area contributed by atoms with Crippen LogP contribution in [0.3, 0.4) is 0 Å². The number of rotatable bonds is 4. The Bertz CT molecular complexity index is 790. The second kappa shape index (κ2) is 7.61. The molecule has 2 atom stereocenters. The van der Waals surface area contributed by atoms with Crippen LogP contribution in [0.1, 0.15) is 78.2 Å². The van der Waals surface area contributed by atoms with E-state index in [1.807, 2.05) is 18.2 Å². The van der Waals surface area contributed by atoms with Crippen LogP contribution in [0, 0.1) is 10.8 Å². The molecule has 1 aromatic rings. The second-order valence-corrected chi connectivity index (χ2v) is 15.7. The maximum Gasteiger partial charge on any atom is 0.310 e. The summed E-state index contributed by atoms with van der Waals surface area (Å²) in [5.41, 5.74) is 1.53. The van der Waals surface area contributed by atoms with Gasteiger partial charge in [-0.25, -0.2) is 0 Å². The molecule has 0 amide bonds. The molecule has 29 heavy (non-hydrogen) atoms. The van der Waals surface area contributed by atoms with Crippen LogP contribution < -0.4 is 0 Å². The highest BCUT2D eigenvalue weighted by molar-refractivity contribution is 6.74. The minimum atomic E-state index is -2.05. The van der Waals surface area contributed by atoms with Gasteiger partial charge < -0.3 is 9.53 Å². The Balaban J connectivity index is 2.10. The number of fused-ring (bicyclic) bond motifs is 1. The Labute approximate surface area is 177 Å². The quantitative estimate of drug-likeness (QED) is 0.417. The monoisotopic (exact) mass is 414 g/mol. The molecule has 2 fully saturated rings. The molecule has 0 unspecified atom stereocenters. The van der Waals surface area contributed by atoms with Crippen molar-refractivity contribution in [2.45, 2.75) is 90.8 Å². The van der Waals surface area contributed by atoms with Gasteiger partial charge in [0.15, 0.2) is 0 Å². The van der Waals surface area contributed by atoms with Crippen LogP contribution in [-0.2, 0) is 9.22 Å². The number of benzene rings is 1. The van der Waals surface area contributed by atoms with E-state index < -0.39 is 19.7 Å². The third-order valence-corrected chi connectivity index (χ3v) is 12.5. The van der Waals surface area contributed by atoms with Crippen molar-refractivity contribution >= 4 is 20.0 Å². The van der Waals surface area contributed by atoms with E-state index in [0.717, 1.165) is 49.8 Å². The number of carboxylic acids is 1. The van der Waals surface area contributed by atoms with Crippen LogP contribution in [-0.4, -0.2) is 19.4 Å². The molecule has 160 valence electrons. The zero-order chi connectivity index (χ0) is 21.5. The predicted molar refractivity (Wildman–Crippen MR) is 122 cm³/mol. The molecular formula is C25H38O3Si. The summed E-state index contributed by atoms with van der Waals surface area (Å²) in [6, 6.07) is 10.3. The van der Waals surface area contributed by atoms with Crippen molar-refractivity contribution in [1.29, 1.82) is 0 Å². The Hall–Kier alpha value is -1.55. The minimum absolute atomic E-state index is 0.0894. The third-order valence-electron chi connectivity index (χ3n) is 8.16. The fraction of sp³-hybridized carbons (Fsp3) is 0.640. The Morgan fingerprint density at radius 3 is 2.28 bits per heavy atom. The number of hydrogen-bond acceptors (Lipinski definition) is 2. The van der Waals surface area contributed by atoms with Crippen molar-refractivity contribution in [2.75, 3.05) is 0 Å². The van der Waals surface area contributed by atoms with Crippen molar-refractivity contribution in [3.8, 4) is 0 Å². The van der Waals surface area contributed by atoms with Gasteiger partial charge in [0.05, 0.1) is 5.41 Å². The summed E-state index contributed by atoms with van der Waals surface area (Å²) in [5.74, 6) is 0.349. The number of carbonyl (C=O) groups is 1.